The Morgan fingerprint density at radius 1 is 1.32 bits per heavy atom. The van der Waals surface area contributed by atoms with Gasteiger partial charge in [0.2, 0.25) is 0 Å². The Hall–Kier alpha value is -1.91. The first-order valence-electron chi connectivity index (χ1n) is 6.63. The molecular formula is C14H13F7N2OS. The highest BCUT2D eigenvalue weighted by molar-refractivity contribution is 8.00. The second-order valence-corrected chi connectivity index (χ2v) is 5.92. The predicted octanol–water partition coefficient (Wildman–Crippen LogP) is 3.87. The number of carbonyl (C=O) groups is 1. The number of nitrogens with one attached hydrogen (secondary N) is 1. The van der Waals surface area contributed by atoms with Crippen LogP contribution in [0.5, 0.6) is 0 Å². The van der Waals surface area contributed by atoms with Gasteiger partial charge in [-0.05, 0) is 24.6 Å². The quantitative estimate of drug-likeness (QED) is 0.566. The van der Waals surface area contributed by atoms with E-state index in [1.165, 1.54) is 13.0 Å². The van der Waals surface area contributed by atoms with Crippen LogP contribution in [0.4, 0.5) is 30.7 Å². The molecule has 25 heavy (non-hydrogen) atoms. The van der Waals surface area contributed by atoms with Crippen molar-refractivity contribution in [3.05, 3.63) is 47.1 Å². The molecule has 0 radical (unpaired) electrons. The number of rotatable bonds is 4. The summed E-state index contributed by atoms with van der Waals surface area (Å²) in [5.41, 5.74) is 2.68. The average molecular weight is 390 g/mol. The second kappa shape index (κ2) is 7.98. The Morgan fingerprint density at radius 3 is 2.40 bits per heavy atom. The molecule has 1 atom stereocenters. The first-order valence-corrected chi connectivity index (χ1v) is 7.67. The number of nitrogens with two attached hydrogens (primary N) is 1. The highest BCUT2D eigenvalue weighted by atomic mass is 32.2. The van der Waals surface area contributed by atoms with Gasteiger partial charge in [-0.1, -0.05) is 6.08 Å². The van der Waals surface area contributed by atoms with Crippen LogP contribution in [0.15, 0.2) is 47.1 Å². The summed E-state index contributed by atoms with van der Waals surface area (Å²) in [7, 11) is 0. The number of alkyl halides is 6. The summed E-state index contributed by atoms with van der Waals surface area (Å²) in [6.45, 7) is 1.49. The molecule has 1 unspecified atom stereocenters. The zero-order valence-corrected chi connectivity index (χ0v) is 13.4. The summed E-state index contributed by atoms with van der Waals surface area (Å²) >= 11 is 0.436. The maximum absolute atomic E-state index is 13.9. The molecule has 0 aromatic heterocycles. The SMILES string of the molecule is C/C=C1\C=C(F)C(NC(=O)/C=C(\N)C(F)(F)F)=CC1SCC(F)(F)F. The summed E-state index contributed by atoms with van der Waals surface area (Å²) in [4.78, 5) is 11.5. The van der Waals surface area contributed by atoms with E-state index in [-0.39, 0.29) is 11.6 Å². The van der Waals surface area contributed by atoms with Gasteiger partial charge in [-0.2, -0.15) is 26.3 Å². The molecule has 140 valence electrons. The lowest BCUT2D eigenvalue weighted by Crippen LogP contribution is -2.28. The van der Waals surface area contributed by atoms with Gasteiger partial charge in [-0.15, -0.1) is 11.8 Å². The number of hydrogen-bond acceptors (Lipinski definition) is 3. The van der Waals surface area contributed by atoms with Gasteiger partial charge in [0, 0.05) is 6.08 Å². The van der Waals surface area contributed by atoms with Gasteiger partial charge >= 0.3 is 12.4 Å². The molecule has 0 fully saturated rings. The smallest absolute Gasteiger partial charge is 0.395 e. The van der Waals surface area contributed by atoms with E-state index in [1.54, 1.807) is 0 Å². The van der Waals surface area contributed by atoms with E-state index in [0.717, 1.165) is 12.2 Å². The molecule has 0 saturated carbocycles. The molecule has 0 heterocycles. The van der Waals surface area contributed by atoms with E-state index in [0.29, 0.717) is 11.8 Å². The Kier molecular flexibility index (Phi) is 6.75. The Bertz CT molecular complexity index is 645. The summed E-state index contributed by atoms with van der Waals surface area (Å²) < 4.78 is 87.6. The molecule has 1 amide bonds. The van der Waals surface area contributed by atoms with Crippen LogP contribution < -0.4 is 11.1 Å². The predicted molar refractivity (Wildman–Crippen MR) is 79.8 cm³/mol. The summed E-state index contributed by atoms with van der Waals surface area (Å²) in [5.74, 6) is -3.57. The van der Waals surface area contributed by atoms with E-state index in [2.05, 4.69) is 5.73 Å². The van der Waals surface area contributed by atoms with Gasteiger partial charge in [0.05, 0.1) is 16.7 Å². The molecule has 11 heteroatoms. The van der Waals surface area contributed by atoms with Crippen LogP contribution in [0, 0.1) is 0 Å². The number of halogens is 7. The minimum atomic E-state index is -4.93. The second-order valence-electron chi connectivity index (χ2n) is 4.79. The highest BCUT2D eigenvalue weighted by Crippen LogP contribution is 2.34. The van der Waals surface area contributed by atoms with Crippen LogP contribution in [0.3, 0.4) is 0 Å². The van der Waals surface area contributed by atoms with E-state index in [9.17, 15) is 35.5 Å². The van der Waals surface area contributed by atoms with Crippen molar-refractivity contribution >= 4 is 17.7 Å². The largest absolute Gasteiger partial charge is 0.430 e. The molecule has 0 saturated heterocycles. The third-order valence-corrected chi connectivity index (χ3v) is 4.09. The van der Waals surface area contributed by atoms with Gasteiger partial charge in [-0.25, -0.2) is 4.39 Å². The first-order chi connectivity index (χ1) is 11.3. The van der Waals surface area contributed by atoms with Crippen molar-refractivity contribution in [1.29, 1.82) is 0 Å². The number of carbonyl (C=O) groups excluding carboxylic acids is 1. The van der Waals surface area contributed by atoms with E-state index in [4.69, 9.17) is 0 Å². The van der Waals surface area contributed by atoms with Crippen LogP contribution in [0.25, 0.3) is 0 Å². The Morgan fingerprint density at radius 2 is 1.92 bits per heavy atom. The fraction of sp³-hybridized carbons (Fsp3) is 0.357. The lowest BCUT2D eigenvalue weighted by atomic mass is 10.0. The number of hydrogen-bond donors (Lipinski definition) is 2. The normalized spacial score (nSPS) is 21.0. The van der Waals surface area contributed by atoms with Crippen LogP contribution in [-0.2, 0) is 4.79 Å². The number of amides is 1. The molecule has 0 bridgehead atoms. The van der Waals surface area contributed by atoms with Crippen LogP contribution in [0.1, 0.15) is 6.92 Å². The average Bonchev–Trinajstić information content (AvgIpc) is 2.45. The summed E-state index contributed by atoms with van der Waals surface area (Å²) in [6, 6.07) is 0. The van der Waals surface area contributed by atoms with Gasteiger partial charge in [0.15, 0.2) is 0 Å². The minimum Gasteiger partial charge on any atom is -0.395 e. The Balaban J connectivity index is 2.95. The van der Waals surface area contributed by atoms with Crippen molar-refractivity contribution in [2.45, 2.75) is 24.5 Å². The third kappa shape index (κ3) is 6.85. The number of thioether (sulfide) groups is 1. The van der Waals surface area contributed by atoms with Crippen molar-refractivity contribution in [2.24, 2.45) is 5.73 Å². The van der Waals surface area contributed by atoms with Crippen LogP contribution in [-0.4, -0.2) is 29.3 Å². The number of allylic oxidation sites excluding steroid dienone is 4. The van der Waals surface area contributed by atoms with E-state index >= 15 is 0 Å². The maximum atomic E-state index is 13.9. The molecule has 1 aliphatic carbocycles. The summed E-state index contributed by atoms with van der Waals surface area (Å²) in [5, 5.41) is 0.919. The van der Waals surface area contributed by atoms with Crippen LogP contribution in [0.2, 0.25) is 0 Å². The molecule has 0 aromatic rings. The Labute approximate surface area is 142 Å². The monoisotopic (exact) mass is 390 g/mol. The molecule has 3 nitrogen and oxygen atoms in total. The zero-order chi connectivity index (χ0) is 19.4. The first kappa shape index (κ1) is 21.1. The fourth-order valence-electron chi connectivity index (χ4n) is 1.70. The van der Waals surface area contributed by atoms with Gasteiger partial charge < -0.3 is 11.1 Å². The fourth-order valence-corrected chi connectivity index (χ4v) is 2.70. The molecule has 1 rings (SSSR count). The zero-order valence-electron chi connectivity index (χ0n) is 12.6. The van der Waals surface area contributed by atoms with Gasteiger partial charge in [0.25, 0.3) is 5.91 Å². The molecule has 0 aliphatic heterocycles. The van der Waals surface area contributed by atoms with Gasteiger partial charge in [-0.3, -0.25) is 4.79 Å². The van der Waals surface area contributed by atoms with E-state index in [1.807, 2.05) is 5.32 Å². The lowest BCUT2D eigenvalue weighted by Gasteiger charge is -2.21. The third-order valence-electron chi connectivity index (χ3n) is 2.83. The molecule has 0 spiro atoms. The van der Waals surface area contributed by atoms with E-state index < -0.39 is 46.5 Å². The van der Waals surface area contributed by atoms with Gasteiger partial charge in [0.1, 0.15) is 11.5 Å². The maximum Gasteiger partial charge on any atom is 0.430 e. The van der Waals surface area contributed by atoms with Crippen molar-refractivity contribution in [3.8, 4) is 0 Å². The molecular weight excluding hydrogens is 377 g/mol. The van der Waals surface area contributed by atoms with Crippen molar-refractivity contribution < 1.29 is 35.5 Å². The minimum absolute atomic E-state index is 0.0250. The topological polar surface area (TPSA) is 55.1 Å². The van der Waals surface area contributed by atoms with Crippen LogP contribution >= 0.6 is 11.8 Å². The highest BCUT2D eigenvalue weighted by Gasteiger charge is 2.33. The summed E-state index contributed by atoms with van der Waals surface area (Å²) in [6.07, 6.45) is -6.07. The van der Waals surface area contributed by atoms with Crippen molar-refractivity contribution in [1.82, 2.24) is 5.32 Å². The standard InChI is InChI=1S/C14H13F7N2OS/c1-2-7-3-8(15)9(4-10(7)25-6-13(16,17)18)23-12(24)5-11(22)14(19,20)21/h2-5,10H,6,22H2,1H3,(H,23,24)/b7-2+,11-5-. The molecule has 0 aromatic carbocycles. The molecule has 1 aliphatic rings. The molecule has 3 N–H and O–H groups in total. The van der Waals surface area contributed by atoms with Crippen molar-refractivity contribution in [2.75, 3.05) is 5.75 Å². The van der Waals surface area contributed by atoms with Crippen molar-refractivity contribution in [3.63, 3.8) is 0 Å². The lowest BCUT2D eigenvalue weighted by molar-refractivity contribution is -0.117.